The Morgan fingerprint density at radius 2 is 1.86 bits per heavy atom. The van der Waals surface area contributed by atoms with Crippen molar-refractivity contribution in [2.75, 3.05) is 13.7 Å². The highest BCUT2D eigenvalue weighted by molar-refractivity contribution is 5.88. The molecule has 3 aliphatic rings. The molecule has 3 rings (SSSR count). The number of ether oxygens (including phenoxy) is 5. The molecule has 0 aromatic carbocycles. The van der Waals surface area contributed by atoms with Gasteiger partial charge in [-0.3, -0.25) is 0 Å². The lowest BCUT2D eigenvalue weighted by Gasteiger charge is -2.47. The van der Waals surface area contributed by atoms with E-state index in [1.54, 1.807) is 6.92 Å². The molecule has 5 N–H and O–H groups in total. The van der Waals surface area contributed by atoms with E-state index in [0.29, 0.717) is 0 Å². The van der Waals surface area contributed by atoms with Crippen LogP contribution in [0.4, 0.5) is 0 Å². The average molecular weight is 406 g/mol. The Labute approximate surface area is 161 Å². The minimum absolute atomic E-state index is 0.105. The van der Waals surface area contributed by atoms with E-state index < -0.39 is 73.8 Å². The number of methoxy groups -OCH3 is 1. The molecule has 2 fully saturated rings. The molecule has 0 saturated carbocycles. The normalized spacial score (nSPS) is 46.2. The van der Waals surface area contributed by atoms with Crippen LogP contribution in [0.1, 0.15) is 13.3 Å². The van der Waals surface area contributed by atoms with E-state index in [4.69, 9.17) is 23.7 Å². The largest absolute Gasteiger partial charge is 0.471 e. The summed E-state index contributed by atoms with van der Waals surface area (Å²) in [6.45, 7) is 1.08. The van der Waals surface area contributed by atoms with Crippen LogP contribution in [0, 0.1) is 11.8 Å². The van der Waals surface area contributed by atoms with Crippen molar-refractivity contribution in [1.82, 2.24) is 0 Å². The maximum Gasteiger partial charge on any atom is 0.337 e. The molecule has 11 nitrogen and oxygen atoms in total. The number of carbonyl (C=O) groups is 1. The first kappa shape index (κ1) is 21.4. The smallest absolute Gasteiger partial charge is 0.337 e. The van der Waals surface area contributed by atoms with Gasteiger partial charge in [-0.15, -0.1) is 0 Å². The van der Waals surface area contributed by atoms with Crippen molar-refractivity contribution in [3.8, 4) is 0 Å². The summed E-state index contributed by atoms with van der Waals surface area (Å²) in [6, 6.07) is 0. The highest BCUT2D eigenvalue weighted by Crippen LogP contribution is 2.42. The summed E-state index contributed by atoms with van der Waals surface area (Å²) in [5.41, 5.74) is 0.218. The van der Waals surface area contributed by atoms with Crippen molar-refractivity contribution < 1.29 is 54.0 Å². The van der Waals surface area contributed by atoms with Gasteiger partial charge >= 0.3 is 5.97 Å². The lowest BCUT2D eigenvalue weighted by atomic mass is 9.77. The van der Waals surface area contributed by atoms with Gasteiger partial charge in [-0.25, -0.2) is 4.79 Å². The minimum Gasteiger partial charge on any atom is -0.471 e. The van der Waals surface area contributed by atoms with Gasteiger partial charge < -0.3 is 49.2 Å². The van der Waals surface area contributed by atoms with Gasteiger partial charge in [-0.2, -0.15) is 0 Å². The Bertz CT molecular complexity index is 594. The molecule has 0 aromatic heterocycles. The number of esters is 1. The van der Waals surface area contributed by atoms with E-state index >= 15 is 0 Å². The predicted octanol–water partition coefficient (Wildman–Crippen LogP) is -2.42. The third-order valence-corrected chi connectivity index (χ3v) is 5.41. The maximum absolute atomic E-state index is 12.1. The van der Waals surface area contributed by atoms with Crippen LogP contribution in [0.15, 0.2) is 11.8 Å². The van der Waals surface area contributed by atoms with Gasteiger partial charge in [-0.05, 0) is 6.92 Å². The average Bonchev–Trinajstić information content (AvgIpc) is 2.67. The molecule has 160 valence electrons. The van der Waals surface area contributed by atoms with E-state index in [1.807, 2.05) is 0 Å². The van der Waals surface area contributed by atoms with E-state index in [2.05, 4.69) is 0 Å². The lowest BCUT2D eigenvalue weighted by molar-refractivity contribution is -0.352. The van der Waals surface area contributed by atoms with Crippen LogP contribution >= 0.6 is 0 Å². The fourth-order valence-electron chi connectivity index (χ4n) is 3.91. The second-order valence-electron chi connectivity index (χ2n) is 7.12. The first-order valence-electron chi connectivity index (χ1n) is 9.01. The molecule has 10 atom stereocenters. The Morgan fingerprint density at radius 3 is 2.50 bits per heavy atom. The van der Waals surface area contributed by atoms with Gasteiger partial charge in [0.15, 0.2) is 12.6 Å². The molecule has 0 aliphatic carbocycles. The fourth-order valence-corrected chi connectivity index (χ4v) is 3.91. The van der Waals surface area contributed by atoms with E-state index in [9.17, 15) is 30.3 Å². The molecule has 28 heavy (non-hydrogen) atoms. The van der Waals surface area contributed by atoms with Crippen molar-refractivity contribution >= 4 is 5.97 Å². The Kier molecular flexibility index (Phi) is 6.57. The molecule has 3 aliphatic heterocycles. The molecule has 0 radical (unpaired) electrons. The van der Waals surface area contributed by atoms with Crippen LogP contribution in [0.25, 0.3) is 0 Å². The summed E-state index contributed by atoms with van der Waals surface area (Å²) in [5.74, 6) is -1.67. The molecule has 0 amide bonds. The Hall–Kier alpha value is -1.31. The molecule has 0 bridgehead atoms. The Balaban J connectivity index is 1.81. The standard InChI is InChI=1S/C17H26O11/c1-6-11-7(3-10(19)26-6)8(15(23)24-2)5-25-16(11)28-17-14(22)13(21)12(20)9(4-18)27-17/h5-7,9-14,16-22H,3-4H2,1-2H3/t6-,7-,9-,10-,11-,12-,13+,14-,16+,17+/m1/s1. The molecular weight excluding hydrogens is 380 g/mol. The fraction of sp³-hybridized carbons (Fsp3) is 0.824. The van der Waals surface area contributed by atoms with Crippen LogP contribution in [0.2, 0.25) is 0 Å². The first-order valence-corrected chi connectivity index (χ1v) is 9.01. The lowest BCUT2D eigenvalue weighted by Crippen LogP contribution is -2.61. The summed E-state index contributed by atoms with van der Waals surface area (Å²) in [5, 5.41) is 49.2. The summed E-state index contributed by atoms with van der Waals surface area (Å²) < 4.78 is 26.8. The second kappa shape index (κ2) is 8.59. The van der Waals surface area contributed by atoms with E-state index in [1.165, 1.54) is 13.4 Å². The van der Waals surface area contributed by atoms with Crippen LogP contribution in [-0.2, 0) is 28.5 Å². The quantitative estimate of drug-likeness (QED) is 0.315. The topological polar surface area (TPSA) is 164 Å². The number of rotatable bonds is 4. The van der Waals surface area contributed by atoms with Gasteiger partial charge in [0.2, 0.25) is 6.29 Å². The third kappa shape index (κ3) is 3.89. The number of carbonyl (C=O) groups excluding carboxylic acids is 1. The van der Waals surface area contributed by atoms with Gasteiger partial charge in [-0.1, -0.05) is 0 Å². The zero-order valence-corrected chi connectivity index (χ0v) is 15.5. The zero-order valence-electron chi connectivity index (χ0n) is 15.5. The molecule has 11 heteroatoms. The molecule has 0 spiro atoms. The molecule has 0 unspecified atom stereocenters. The van der Waals surface area contributed by atoms with Crippen LogP contribution in [0.5, 0.6) is 0 Å². The first-order chi connectivity index (χ1) is 13.3. The zero-order chi connectivity index (χ0) is 20.6. The van der Waals surface area contributed by atoms with E-state index in [0.717, 1.165) is 0 Å². The summed E-state index contributed by atoms with van der Waals surface area (Å²) in [4.78, 5) is 12.1. The predicted molar refractivity (Wildman–Crippen MR) is 88.0 cm³/mol. The number of aliphatic hydroxyl groups is 5. The van der Waals surface area contributed by atoms with Crippen molar-refractivity contribution in [3.63, 3.8) is 0 Å². The highest BCUT2D eigenvalue weighted by atomic mass is 16.8. The van der Waals surface area contributed by atoms with Gasteiger partial charge in [0.25, 0.3) is 0 Å². The van der Waals surface area contributed by atoms with Crippen LogP contribution in [-0.4, -0.2) is 94.6 Å². The maximum atomic E-state index is 12.1. The van der Waals surface area contributed by atoms with E-state index in [-0.39, 0.29) is 12.0 Å². The van der Waals surface area contributed by atoms with Crippen molar-refractivity contribution in [3.05, 3.63) is 11.8 Å². The molecule has 0 aromatic rings. The minimum atomic E-state index is -1.60. The molecular formula is C17H26O11. The van der Waals surface area contributed by atoms with Crippen molar-refractivity contribution in [2.45, 2.75) is 62.7 Å². The summed E-state index contributed by atoms with van der Waals surface area (Å²) in [7, 11) is 1.23. The number of hydrogen-bond acceptors (Lipinski definition) is 11. The third-order valence-electron chi connectivity index (χ3n) is 5.41. The van der Waals surface area contributed by atoms with Crippen LogP contribution in [0.3, 0.4) is 0 Å². The second-order valence-corrected chi connectivity index (χ2v) is 7.12. The summed E-state index contributed by atoms with van der Waals surface area (Å²) >= 11 is 0. The molecule has 3 heterocycles. The van der Waals surface area contributed by atoms with Crippen molar-refractivity contribution in [1.29, 1.82) is 0 Å². The summed E-state index contributed by atoms with van der Waals surface area (Å²) in [6.07, 6.45) is -8.71. The Morgan fingerprint density at radius 1 is 1.14 bits per heavy atom. The van der Waals surface area contributed by atoms with Gasteiger partial charge in [0, 0.05) is 12.3 Å². The van der Waals surface area contributed by atoms with Gasteiger partial charge in [0.05, 0.1) is 37.6 Å². The SMILES string of the molecule is COC(=O)C1=CO[C@@H](O[C@@H]2O[C@H](CO)[C@@H](O)[C@H](O)[C@H]2O)[C@H]2[C@@H]1C[C@H](O)O[C@@H]2C. The van der Waals surface area contributed by atoms with Crippen molar-refractivity contribution in [2.24, 2.45) is 11.8 Å². The molecule has 2 saturated heterocycles. The monoisotopic (exact) mass is 406 g/mol. The number of fused-ring (bicyclic) bond motifs is 1. The number of hydrogen-bond donors (Lipinski definition) is 5. The highest BCUT2D eigenvalue weighted by Gasteiger charge is 2.51. The number of aliphatic hydroxyl groups excluding tert-OH is 5. The van der Waals surface area contributed by atoms with Gasteiger partial charge in [0.1, 0.15) is 24.4 Å². The van der Waals surface area contributed by atoms with Crippen LogP contribution < -0.4 is 0 Å².